The number of hydrogen-bond acceptors (Lipinski definition) is 4. The minimum absolute atomic E-state index is 0.0351. The molecule has 1 amide bonds. The third kappa shape index (κ3) is 3.23. The van der Waals surface area contributed by atoms with E-state index in [0.717, 1.165) is 12.1 Å². The normalized spacial score (nSPS) is 15.8. The molecule has 0 radical (unpaired) electrons. The van der Waals surface area contributed by atoms with Crippen LogP contribution in [0.25, 0.3) is 11.4 Å². The van der Waals surface area contributed by atoms with Gasteiger partial charge >= 0.3 is 0 Å². The van der Waals surface area contributed by atoms with Crippen LogP contribution in [0.2, 0.25) is 0 Å². The monoisotopic (exact) mass is 382 g/mol. The van der Waals surface area contributed by atoms with Crippen LogP contribution in [0.3, 0.4) is 0 Å². The summed E-state index contributed by atoms with van der Waals surface area (Å²) in [7, 11) is 1.78. The molecule has 138 valence electrons. The first-order chi connectivity index (χ1) is 13.1. The highest BCUT2D eigenvalue weighted by molar-refractivity contribution is 7.99. The summed E-state index contributed by atoms with van der Waals surface area (Å²) in [5.41, 5.74) is 2.58. The van der Waals surface area contributed by atoms with E-state index in [-0.39, 0.29) is 23.5 Å². The Balaban J connectivity index is 1.50. The molecule has 0 saturated heterocycles. The number of fused-ring (bicyclic) bond motifs is 1. The smallest absolute Gasteiger partial charge is 0.237 e. The summed E-state index contributed by atoms with van der Waals surface area (Å²) >= 11 is 1.32. The van der Waals surface area contributed by atoms with Crippen molar-refractivity contribution in [2.45, 2.75) is 24.5 Å². The van der Waals surface area contributed by atoms with Crippen LogP contribution in [-0.2, 0) is 18.3 Å². The molecule has 0 saturated carbocycles. The molecule has 0 N–H and O–H groups in total. The molecular weight excluding hydrogens is 363 g/mol. The topological polar surface area (TPSA) is 51.0 Å². The van der Waals surface area contributed by atoms with E-state index in [1.54, 1.807) is 29.8 Å². The van der Waals surface area contributed by atoms with Crippen LogP contribution in [0, 0.1) is 5.82 Å². The molecule has 2 heterocycles. The summed E-state index contributed by atoms with van der Waals surface area (Å²) in [6.45, 7) is 2.06. The van der Waals surface area contributed by atoms with Crippen molar-refractivity contribution in [1.29, 1.82) is 0 Å². The number of rotatable bonds is 4. The average Bonchev–Trinajstić information content (AvgIpc) is 3.19. The van der Waals surface area contributed by atoms with Crippen LogP contribution in [0.15, 0.2) is 53.7 Å². The Labute approximate surface area is 161 Å². The van der Waals surface area contributed by atoms with Gasteiger partial charge in [0.15, 0.2) is 11.0 Å². The summed E-state index contributed by atoms with van der Waals surface area (Å²) in [4.78, 5) is 14.7. The molecule has 1 unspecified atom stereocenters. The van der Waals surface area contributed by atoms with Gasteiger partial charge in [-0.2, -0.15) is 0 Å². The number of hydrogen-bond donors (Lipinski definition) is 0. The van der Waals surface area contributed by atoms with E-state index in [1.165, 1.54) is 23.4 Å². The van der Waals surface area contributed by atoms with Crippen molar-refractivity contribution < 1.29 is 9.18 Å². The fourth-order valence-corrected chi connectivity index (χ4v) is 4.23. The predicted molar refractivity (Wildman–Crippen MR) is 104 cm³/mol. The zero-order valence-corrected chi connectivity index (χ0v) is 15.9. The lowest BCUT2D eigenvalue weighted by atomic mass is 10.1. The predicted octanol–water partition coefficient (Wildman–Crippen LogP) is 3.69. The van der Waals surface area contributed by atoms with Gasteiger partial charge in [-0.25, -0.2) is 4.39 Å². The molecule has 5 nitrogen and oxygen atoms in total. The van der Waals surface area contributed by atoms with Crippen molar-refractivity contribution in [2.75, 3.05) is 10.7 Å². The van der Waals surface area contributed by atoms with Crippen LogP contribution >= 0.6 is 11.8 Å². The Morgan fingerprint density at radius 2 is 1.93 bits per heavy atom. The number of carbonyl (C=O) groups is 1. The maximum Gasteiger partial charge on any atom is 0.237 e. The largest absolute Gasteiger partial charge is 0.308 e. The molecule has 1 aliphatic rings. The van der Waals surface area contributed by atoms with Gasteiger partial charge in [-0.05, 0) is 37.1 Å². The van der Waals surface area contributed by atoms with Gasteiger partial charge in [0.1, 0.15) is 5.82 Å². The third-order valence-corrected chi connectivity index (χ3v) is 5.76. The first kappa shape index (κ1) is 17.7. The van der Waals surface area contributed by atoms with E-state index in [0.29, 0.717) is 16.5 Å². The average molecular weight is 382 g/mol. The summed E-state index contributed by atoms with van der Waals surface area (Å²) < 4.78 is 15.7. The highest BCUT2D eigenvalue weighted by Gasteiger charge is 2.30. The van der Waals surface area contributed by atoms with Crippen molar-refractivity contribution >= 4 is 23.4 Å². The van der Waals surface area contributed by atoms with E-state index in [9.17, 15) is 9.18 Å². The Morgan fingerprint density at radius 3 is 2.74 bits per heavy atom. The number of halogens is 1. The van der Waals surface area contributed by atoms with E-state index in [4.69, 9.17) is 0 Å². The lowest BCUT2D eigenvalue weighted by Crippen LogP contribution is -2.37. The van der Waals surface area contributed by atoms with Crippen LogP contribution in [0.5, 0.6) is 0 Å². The van der Waals surface area contributed by atoms with Gasteiger partial charge in [-0.1, -0.05) is 42.1 Å². The van der Waals surface area contributed by atoms with Crippen molar-refractivity contribution in [3.8, 4) is 11.4 Å². The number of anilines is 1. The summed E-state index contributed by atoms with van der Waals surface area (Å²) in [6, 6.07) is 14.6. The van der Waals surface area contributed by atoms with Gasteiger partial charge in [-0.15, -0.1) is 10.2 Å². The van der Waals surface area contributed by atoms with Gasteiger partial charge in [0.2, 0.25) is 5.91 Å². The molecule has 0 bridgehead atoms. The molecule has 1 aliphatic heterocycles. The lowest BCUT2D eigenvalue weighted by molar-refractivity contribution is -0.116. The molecule has 3 aromatic rings. The Kier molecular flexibility index (Phi) is 4.70. The zero-order chi connectivity index (χ0) is 19.0. The molecule has 0 fully saturated rings. The molecular formula is C20H19FN4OS. The third-order valence-electron chi connectivity index (χ3n) is 4.75. The second kappa shape index (κ2) is 7.15. The Morgan fingerprint density at radius 1 is 1.19 bits per heavy atom. The van der Waals surface area contributed by atoms with Crippen LogP contribution < -0.4 is 4.90 Å². The number of amides is 1. The van der Waals surface area contributed by atoms with E-state index in [2.05, 4.69) is 23.2 Å². The summed E-state index contributed by atoms with van der Waals surface area (Å²) in [5, 5.41) is 8.82. The molecule has 27 heavy (non-hydrogen) atoms. The maximum atomic E-state index is 14.0. The zero-order valence-electron chi connectivity index (χ0n) is 15.1. The van der Waals surface area contributed by atoms with Gasteiger partial charge in [-0.3, -0.25) is 4.79 Å². The maximum absolute atomic E-state index is 14.0. The fraction of sp³-hybridized carbons (Fsp3) is 0.250. The van der Waals surface area contributed by atoms with E-state index in [1.807, 2.05) is 23.1 Å². The Bertz CT molecular complexity index is 1000. The van der Waals surface area contributed by atoms with Crippen molar-refractivity contribution in [2.24, 2.45) is 7.05 Å². The highest BCUT2D eigenvalue weighted by atomic mass is 32.2. The number of benzene rings is 2. The van der Waals surface area contributed by atoms with E-state index < -0.39 is 0 Å². The molecule has 2 aromatic carbocycles. The van der Waals surface area contributed by atoms with E-state index >= 15 is 0 Å². The van der Waals surface area contributed by atoms with Crippen molar-refractivity contribution in [3.63, 3.8) is 0 Å². The summed E-state index contributed by atoms with van der Waals surface area (Å²) in [5.74, 6) is 0.390. The second-order valence-electron chi connectivity index (χ2n) is 6.58. The fourth-order valence-electron chi connectivity index (χ4n) is 3.46. The standard InChI is InChI=1S/C20H19FN4OS/c1-13-11-14-7-3-6-10-17(14)25(13)18(26)12-27-20-23-22-19(24(20)2)15-8-4-5-9-16(15)21/h3-10,13H,11-12H2,1-2H3. The molecule has 7 heteroatoms. The van der Waals surface area contributed by atoms with Gasteiger partial charge in [0, 0.05) is 18.8 Å². The Hall–Kier alpha value is -2.67. The van der Waals surface area contributed by atoms with Crippen LogP contribution in [-0.4, -0.2) is 32.5 Å². The number of aromatic nitrogens is 3. The van der Waals surface area contributed by atoms with Gasteiger partial charge < -0.3 is 9.47 Å². The van der Waals surface area contributed by atoms with Crippen molar-refractivity contribution in [1.82, 2.24) is 14.8 Å². The SMILES string of the molecule is CC1Cc2ccccc2N1C(=O)CSc1nnc(-c2ccccc2F)n1C. The lowest BCUT2D eigenvalue weighted by Gasteiger charge is -2.22. The first-order valence-corrected chi connectivity index (χ1v) is 9.72. The number of para-hydroxylation sites is 1. The highest BCUT2D eigenvalue weighted by Crippen LogP contribution is 2.33. The second-order valence-corrected chi connectivity index (χ2v) is 7.52. The van der Waals surface area contributed by atoms with Gasteiger partial charge in [0.05, 0.1) is 11.3 Å². The molecule has 0 aliphatic carbocycles. The van der Waals surface area contributed by atoms with Crippen molar-refractivity contribution in [3.05, 3.63) is 59.9 Å². The minimum Gasteiger partial charge on any atom is -0.308 e. The summed E-state index contributed by atoms with van der Waals surface area (Å²) in [6.07, 6.45) is 0.869. The molecule has 4 rings (SSSR count). The minimum atomic E-state index is -0.344. The van der Waals surface area contributed by atoms with Crippen LogP contribution in [0.1, 0.15) is 12.5 Å². The first-order valence-electron chi connectivity index (χ1n) is 8.73. The van der Waals surface area contributed by atoms with Gasteiger partial charge in [0.25, 0.3) is 0 Å². The molecule has 0 spiro atoms. The van der Waals surface area contributed by atoms with Crippen LogP contribution in [0.4, 0.5) is 10.1 Å². The molecule has 1 atom stereocenters. The number of nitrogens with zero attached hydrogens (tertiary/aromatic N) is 4. The molecule has 1 aromatic heterocycles. The quantitative estimate of drug-likeness (QED) is 0.646. The number of carbonyl (C=O) groups excluding carboxylic acids is 1. The number of thioether (sulfide) groups is 1.